The molecule has 0 aromatic carbocycles. The van der Waals surface area contributed by atoms with Crippen molar-refractivity contribution in [3.05, 3.63) is 0 Å². The van der Waals surface area contributed by atoms with Crippen molar-refractivity contribution in [1.29, 1.82) is 0 Å². The van der Waals surface area contributed by atoms with Crippen molar-refractivity contribution in [2.24, 2.45) is 5.92 Å². The number of hydrogen-bond acceptors (Lipinski definition) is 2. The van der Waals surface area contributed by atoms with Crippen molar-refractivity contribution in [1.82, 2.24) is 4.90 Å². The molecular weight excluding hydrogens is 162 g/mol. The largest absolute Gasteiger partial charge is 0.393 e. The molecule has 0 heterocycles. The fourth-order valence-electron chi connectivity index (χ4n) is 2.21. The molecule has 2 heteroatoms. The number of hydrogen-bond donors (Lipinski definition) is 1. The standard InChI is InChI=1S/C11H23NO/c1-3-12(4-2)9-10-7-5-6-8-11(10)13/h10-11,13H,3-9H2,1-2H3/t10-,11+/m1/s1. The zero-order valence-electron chi connectivity index (χ0n) is 9.00. The predicted octanol–water partition coefficient (Wildman–Crippen LogP) is 1.88. The fraction of sp³-hybridized carbons (Fsp3) is 1.00. The second-order valence-corrected chi connectivity index (χ2v) is 4.10. The molecule has 0 saturated heterocycles. The molecule has 1 rings (SSSR count). The first-order valence-electron chi connectivity index (χ1n) is 5.68. The van der Waals surface area contributed by atoms with Gasteiger partial charge >= 0.3 is 0 Å². The molecule has 0 aromatic heterocycles. The third kappa shape index (κ3) is 3.28. The number of rotatable bonds is 4. The molecule has 0 spiro atoms. The maximum atomic E-state index is 9.78. The fourth-order valence-corrected chi connectivity index (χ4v) is 2.21. The third-order valence-corrected chi connectivity index (χ3v) is 3.26. The van der Waals surface area contributed by atoms with E-state index in [1.54, 1.807) is 0 Å². The van der Waals surface area contributed by atoms with E-state index in [-0.39, 0.29) is 6.10 Å². The molecule has 1 N–H and O–H groups in total. The minimum Gasteiger partial charge on any atom is -0.393 e. The Balaban J connectivity index is 2.32. The van der Waals surface area contributed by atoms with Crippen LogP contribution in [-0.4, -0.2) is 35.7 Å². The van der Waals surface area contributed by atoms with Crippen LogP contribution in [0.25, 0.3) is 0 Å². The normalized spacial score (nSPS) is 29.5. The second-order valence-electron chi connectivity index (χ2n) is 4.10. The van der Waals surface area contributed by atoms with Crippen molar-refractivity contribution >= 4 is 0 Å². The van der Waals surface area contributed by atoms with Crippen molar-refractivity contribution in [2.45, 2.75) is 45.6 Å². The summed E-state index contributed by atoms with van der Waals surface area (Å²) in [6, 6.07) is 0. The minimum atomic E-state index is -0.0330. The molecule has 13 heavy (non-hydrogen) atoms. The SMILES string of the molecule is CCN(CC)C[C@H]1CCCC[C@@H]1O. The van der Waals surface area contributed by atoms with Gasteiger partial charge in [-0.05, 0) is 31.8 Å². The van der Waals surface area contributed by atoms with Crippen LogP contribution in [0.1, 0.15) is 39.5 Å². The average molecular weight is 185 g/mol. The van der Waals surface area contributed by atoms with E-state index < -0.39 is 0 Å². The molecule has 1 aliphatic carbocycles. The lowest BCUT2D eigenvalue weighted by molar-refractivity contribution is 0.0485. The van der Waals surface area contributed by atoms with Gasteiger partial charge in [0.15, 0.2) is 0 Å². The molecule has 0 aromatic rings. The highest BCUT2D eigenvalue weighted by Crippen LogP contribution is 2.24. The molecule has 0 unspecified atom stereocenters. The summed E-state index contributed by atoms with van der Waals surface area (Å²) in [7, 11) is 0. The maximum Gasteiger partial charge on any atom is 0.0580 e. The van der Waals surface area contributed by atoms with E-state index in [9.17, 15) is 5.11 Å². The average Bonchev–Trinajstić information content (AvgIpc) is 2.17. The first kappa shape index (κ1) is 11.0. The van der Waals surface area contributed by atoms with Crippen molar-refractivity contribution in [2.75, 3.05) is 19.6 Å². The number of aliphatic hydroxyl groups excluding tert-OH is 1. The van der Waals surface area contributed by atoms with Gasteiger partial charge in [-0.2, -0.15) is 0 Å². The maximum absolute atomic E-state index is 9.78. The molecule has 1 saturated carbocycles. The van der Waals surface area contributed by atoms with Crippen LogP contribution < -0.4 is 0 Å². The van der Waals surface area contributed by atoms with E-state index in [2.05, 4.69) is 18.7 Å². The van der Waals surface area contributed by atoms with Crippen LogP contribution in [-0.2, 0) is 0 Å². The summed E-state index contributed by atoms with van der Waals surface area (Å²) in [6.07, 6.45) is 4.73. The Labute approximate surface area is 81.9 Å². The van der Waals surface area contributed by atoms with E-state index >= 15 is 0 Å². The summed E-state index contributed by atoms with van der Waals surface area (Å²) < 4.78 is 0. The van der Waals surface area contributed by atoms with Gasteiger partial charge in [-0.1, -0.05) is 26.7 Å². The summed E-state index contributed by atoms with van der Waals surface area (Å²) in [4.78, 5) is 2.42. The number of aliphatic hydroxyl groups is 1. The van der Waals surface area contributed by atoms with Gasteiger partial charge in [0, 0.05) is 6.54 Å². The van der Waals surface area contributed by atoms with Gasteiger partial charge in [0.25, 0.3) is 0 Å². The molecular formula is C11H23NO. The summed E-state index contributed by atoms with van der Waals surface area (Å²) in [5, 5.41) is 9.78. The molecule has 1 fully saturated rings. The van der Waals surface area contributed by atoms with E-state index in [0.29, 0.717) is 5.92 Å². The van der Waals surface area contributed by atoms with Crippen LogP contribution in [0.3, 0.4) is 0 Å². The van der Waals surface area contributed by atoms with Crippen LogP contribution >= 0.6 is 0 Å². The monoisotopic (exact) mass is 185 g/mol. The predicted molar refractivity (Wildman–Crippen MR) is 55.8 cm³/mol. The molecule has 78 valence electrons. The molecule has 2 nitrogen and oxygen atoms in total. The number of nitrogens with zero attached hydrogens (tertiary/aromatic N) is 1. The van der Waals surface area contributed by atoms with Gasteiger partial charge < -0.3 is 10.0 Å². The highest BCUT2D eigenvalue weighted by atomic mass is 16.3. The lowest BCUT2D eigenvalue weighted by atomic mass is 9.86. The molecule has 1 aliphatic rings. The highest BCUT2D eigenvalue weighted by Gasteiger charge is 2.23. The van der Waals surface area contributed by atoms with Gasteiger partial charge in [-0.15, -0.1) is 0 Å². The Morgan fingerprint density at radius 3 is 2.31 bits per heavy atom. The molecule has 2 atom stereocenters. The lowest BCUT2D eigenvalue weighted by Crippen LogP contribution is -2.36. The van der Waals surface area contributed by atoms with Crippen molar-refractivity contribution in [3.63, 3.8) is 0 Å². The quantitative estimate of drug-likeness (QED) is 0.723. The summed E-state index contributed by atoms with van der Waals surface area (Å²) in [6.45, 7) is 7.70. The highest BCUT2D eigenvalue weighted by molar-refractivity contribution is 4.76. The minimum absolute atomic E-state index is 0.0330. The Hall–Kier alpha value is -0.0800. The van der Waals surface area contributed by atoms with E-state index in [1.807, 2.05) is 0 Å². The zero-order chi connectivity index (χ0) is 9.68. The Morgan fingerprint density at radius 2 is 1.77 bits per heavy atom. The van der Waals surface area contributed by atoms with Gasteiger partial charge in [-0.3, -0.25) is 0 Å². The van der Waals surface area contributed by atoms with Crippen molar-refractivity contribution in [3.8, 4) is 0 Å². The van der Waals surface area contributed by atoms with Crippen LogP contribution in [0, 0.1) is 5.92 Å². The van der Waals surface area contributed by atoms with Gasteiger partial charge in [0.1, 0.15) is 0 Å². The van der Waals surface area contributed by atoms with Crippen LogP contribution in [0.5, 0.6) is 0 Å². The molecule has 0 amide bonds. The molecule has 0 radical (unpaired) electrons. The molecule has 0 bridgehead atoms. The molecule has 0 aliphatic heterocycles. The smallest absolute Gasteiger partial charge is 0.0580 e. The summed E-state index contributed by atoms with van der Waals surface area (Å²) >= 11 is 0. The van der Waals surface area contributed by atoms with Crippen LogP contribution in [0.2, 0.25) is 0 Å². The van der Waals surface area contributed by atoms with Crippen LogP contribution in [0.15, 0.2) is 0 Å². The Bertz CT molecular complexity index is 134. The van der Waals surface area contributed by atoms with Crippen LogP contribution in [0.4, 0.5) is 0 Å². The zero-order valence-corrected chi connectivity index (χ0v) is 9.00. The summed E-state index contributed by atoms with van der Waals surface area (Å²) in [5.41, 5.74) is 0. The van der Waals surface area contributed by atoms with Gasteiger partial charge in [0.2, 0.25) is 0 Å². The third-order valence-electron chi connectivity index (χ3n) is 3.26. The van der Waals surface area contributed by atoms with Gasteiger partial charge in [-0.25, -0.2) is 0 Å². The van der Waals surface area contributed by atoms with Gasteiger partial charge in [0.05, 0.1) is 6.10 Å². The first-order chi connectivity index (χ1) is 6.27. The Morgan fingerprint density at radius 1 is 1.15 bits per heavy atom. The second kappa shape index (κ2) is 5.61. The Kier molecular flexibility index (Phi) is 4.74. The first-order valence-corrected chi connectivity index (χ1v) is 5.68. The van der Waals surface area contributed by atoms with Crippen molar-refractivity contribution < 1.29 is 5.11 Å². The summed E-state index contributed by atoms with van der Waals surface area (Å²) in [5.74, 6) is 0.536. The lowest BCUT2D eigenvalue weighted by Gasteiger charge is -2.31. The van der Waals surface area contributed by atoms with E-state index in [0.717, 1.165) is 26.1 Å². The van der Waals surface area contributed by atoms with E-state index in [4.69, 9.17) is 0 Å². The topological polar surface area (TPSA) is 23.5 Å². The van der Waals surface area contributed by atoms with E-state index in [1.165, 1.54) is 19.3 Å².